The van der Waals surface area contributed by atoms with E-state index < -0.39 is 0 Å². The van der Waals surface area contributed by atoms with Gasteiger partial charge in [-0.3, -0.25) is 0 Å². The molecule has 0 aromatic rings. The first kappa shape index (κ1) is 29.7. The Bertz CT molecular complexity index is 131. The first-order valence-corrected chi connectivity index (χ1v) is 10.7. The third kappa shape index (κ3) is 2760. The van der Waals surface area contributed by atoms with Crippen LogP contribution in [0.4, 0.5) is 0 Å². The summed E-state index contributed by atoms with van der Waals surface area (Å²) >= 11 is 7.40. The summed E-state index contributed by atoms with van der Waals surface area (Å²) < 4.78 is 0. The summed E-state index contributed by atoms with van der Waals surface area (Å²) in [5.74, 6) is 0. The summed E-state index contributed by atoms with van der Waals surface area (Å²) in [6, 6.07) is 0. The van der Waals surface area contributed by atoms with Crippen molar-refractivity contribution in [2.75, 3.05) is 40.0 Å². The minimum atomic E-state index is 0. The first-order valence-electron chi connectivity index (χ1n) is 3.86. The molecule has 0 aliphatic heterocycles. The average Bonchev–Trinajstić information content (AvgIpc) is 1.85. The number of isothiocyanates is 2. The van der Waals surface area contributed by atoms with Gasteiger partial charge in [0.05, 0.1) is 0 Å². The standard InChI is InChI=1S/2C3H9P.2CNS.Ni/c2*1-4(2)3;2*2-1-3;/h2*1-3H3;;;/q;;2*-1;+2/p+2. The van der Waals surface area contributed by atoms with Gasteiger partial charge in [0.2, 0.25) is 0 Å². The van der Waals surface area contributed by atoms with E-state index >= 15 is 0 Å². The van der Waals surface area contributed by atoms with Crippen molar-refractivity contribution in [1.82, 2.24) is 0 Å². The third-order valence-electron chi connectivity index (χ3n) is 0. The third-order valence-corrected chi connectivity index (χ3v) is 0. The van der Waals surface area contributed by atoms with E-state index in [1.165, 1.54) is 10.3 Å². The van der Waals surface area contributed by atoms with Gasteiger partial charge in [0.25, 0.3) is 0 Å². The van der Waals surface area contributed by atoms with Gasteiger partial charge in [-0.15, -0.1) is 0 Å². The van der Waals surface area contributed by atoms with Gasteiger partial charge < -0.3 is 10.8 Å². The van der Waals surface area contributed by atoms with E-state index in [9.17, 15) is 0 Å². The van der Waals surface area contributed by atoms with Crippen LogP contribution in [0.5, 0.6) is 0 Å². The fourth-order valence-electron chi connectivity index (χ4n) is 0. The molecule has 0 atom stereocenters. The molecule has 0 unspecified atom stereocenters. The van der Waals surface area contributed by atoms with Crippen molar-refractivity contribution in [2.24, 2.45) is 0 Å². The monoisotopic (exact) mass is 328 g/mol. The molecule has 92 valence electrons. The van der Waals surface area contributed by atoms with E-state index in [0.29, 0.717) is 0 Å². The van der Waals surface area contributed by atoms with Crippen LogP contribution in [0.3, 0.4) is 0 Å². The molecule has 0 aliphatic carbocycles. The molecule has 0 amide bonds. The second-order valence-electron chi connectivity index (χ2n) is 3.18. The maximum absolute atomic E-state index is 7.13. The molecule has 0 N–H and O–H groups in total. The van der Waals surface area contributed by atoms with Crippen molar-refractivity contribution in [3.63, 3.8) is 0 Å². The molecule has 0 spiro atoms. The molecule has 0 fully saturated rings. The van der Waals surface area contributed by atoms with Crippen molar-refractivity contribution in [3.05, 3.63) is 10.8 Å². The second kappa shape index (κ2) is 36.3. The first-order chi connectivity index (χ1) is 6.29. The maximum Gasteiger partial charge on any atom is 2.00 e. The van der Waals surface area contributed by atoms with Crippen LogP contribution in [0.2, 0.25) is 0 Å². The zero-order valence-corrected chi connectivity index (χ0v) is 14.6. The van der Waals surface area contributed by atoms with Gasteiger partial charge in [-0.25, -0.2) is 0 Å². The van der Waals surface area contributed by atoms with Crippen LogP contribution >= 0.6 is 40.3 Å². The number of hydrogen-bond donors (Lipinski definition) is 0. The molecule has 0 rings (SSSR count). The molecule has 0 radical (unpaired) electrons. The molecular formula is C8H20N2NiP2S2+2. The van der Waals surface area contributed by atoms with Crippen LogP contribution in [0.25, 0.3) is 10.8 Å². The van der Waals surface area contributed by atoms with Crippen molar-refractivity contribution in [2.45, 2.75) is 0 Å². The number of thiocarbonyl (C=S) groups is 2. The Morgan fingerprint density at radius 1 is 0.733 bits per heavy atom. The summed E-state index contributed by atoms with van der Waals surface area (Å²) in [6.07, 6.45) is 0. The van der Waals surface area contributed by atoms with Crippen molar-refractivity contribution < 1.29 is 16.5 Å². The van der Waals surface area contributed by atoms with E-state index in [4.69, 9.17) is 10.8 Å². The molecule has 0 aromatic carbocycles. The van der Waals surface area contributed by atoms with E-state index in [1.54, 1.807) is 0 Å². The molecule has 0 heterocycles. The molecule has 0 saturated heterocycles. The van der Waals surface area contributed by atoms with Crippen LogP contribution in [0, 0.1) is 0 Å². The Labute approximate surface area is 117 Å². The minimum absolute atomic E-state index is 0. The molecule has 2 nitrogen and oxygen atoms in total. The topological polar surface area (TPSA) is 44.6 Å². The summed E-state index contributed by atoms with van der Waals surface area (Å²) in [5.41, 5.74) is 0. The molecular weight excluding hydrogens is 309 g/mol. The van der Waals surface area contributed by atoms with E-state index in [-0.39, 0.29) is 32.3 Å². The van der Waals surface area contributed by atoms with Gasteiger partial charge in [0.15, 0.2) is 0 Å². The van der Waals surface area contributed by atoms with Crippen molar-refractivity contribution in [1.29, 1.82) is 0 Å². The van der Waals surface area contributed by atoms with E-state index in [1.807, 2.05) is 0 Å². The van der Waals surface area contributed by atoms with Gasteiger partial charge in [-0.05, 0) is 15.8 Å². The molecule has 15 heavy (non-hydrogen) atoms. The van der Waals surface area contributed by atoms with E-state index in [0.717, 1.165) is 0 Å². The van der Waals surface area contributed by atoms with Gasteiger partial charge >= 0.3 is 16.5 Å². The normalized spacial score (nSPS) is 5.87. The van der Waals surface area contributed by atoms with E-state index in [2.05, 4.69) is 64.4 Å². The predicted molar refractivity (Wildman–Crippen MR) is 84.1 cm³/mol. The zero-order valence-electron chi connectivity index (χ0n) is 10.0. The van der Waals surface area contributed by atoms with Gasteiger partial charge in [0, 0.05) is 40.0 Å². The second-order valence-corrected chi connectivity index (χ2v) is 9.55. The van der Waals surface area contributed by atoms with Crippen LogP contribution in [0.1, 0.15) is 0 Å². The van der Waals surface area contributed by atoms with Crippen LogP contribution in [-0.2, 0) is 16.5 Å². The Kier molecular flexibility index (Phi) is 72.0. The molecule has 0 bridgehead atoms. The zero-order chi connectivity index (χ0) is 12.6. The van der Waals surface area contributed by atoms with Gasteiger partial charge in [-0.1, -0.05) is 24.4 Å². The Morgan fingerprint density at radius 3 is 0.733 bits per heavy atom. The Hall–Kier alpha value is 0.954. The van der Waals surface area contributed by atoms with Crippen LogP contribution < -0.4 is 0 Å². The van der Waals surface area contributed by atoms with Crippen LogP contribution in [-0.4, -0.2) is 50.3 Å². The SMILES string of the molecule is C[PH+](C)C.C[PH+](C)C.[N-]=C=S.[N-]=C=S.[Ni+2]. The Morgan fingerprint density at radius 2 is 0.733 bits per heavy atom. The Balaban J connectivity index is -0.0000000293. The van der Waals surface area contributed by atoms with Crippen molar-refractivity contribution in [3.8, 4) is 0 Å². The predicted octanol–water partition coefficient (Wildman–Crippen LogP) is 3.49. The summed E-state index contributed by atoms with van der Waals surface area (Å²) in [6.45, 7) is 13.6. The maximum atomic E-state index is 7.13. The molecule has 0 saturated carbocycles. The number of hydrogen-bond acceptors (Lipinski definition) is 2. The van der Waals surface area contributed by atoms with Gasteiger partial charge in [0.1, 0.15) is 0 Å². The fourth-order valence-corrected chi connectivity index (χ4v) is 0. The van der Waals surface area contributed by atoms with Crippen molar-refractivity contribution >= 4 is 50.6 Å². The average molecular weight is 329 g/mol. The minimum Gasteiger partial charge on any atom is -0.753 e. The molecule has 0 aromatic heterocycles. The summed E-state index contributed by atoms with van der Waals surface area (Å²) in [5, 5.41) is 16.9. The summed E-state index contributed by atoms with van der Waals surface area (Å²) in [7, 11) is 0.241. The largest absolute Gasteiger partial charge is 2.00 e. The quantitative estimate of drug-likeness (QED) is 0.296. The number of nitrogens with zero attached hydrogens (tertiary/aromatic N) is 2. The fraction of sp³-hybridized carbons (Fsp3) is 0.750. The molecule has 0 aliphatic rings. The summed E-state index contributed by atoms with van der Waals surface area (Å²) in [4.78, 5) is 0. The van der Waals surface area contributed by atoms with Gasteiger partial charge in [-0.2, -0.15) is 10.3 Å². The molecule has 7 heteroatoms. The smallest absolute Gasteiger partial charge is 0.753 e. The van der Waals surface area contributed by atoms with Crippen LogP contribution in [0.15, 0.2) is 0 Å². The number of rotatable bonds is 0.